The van der Waals surface area contributed by atoms with Gasteiger partial charge in [0.1, 0.15) is 5.82 Å². The lowest BCUT2D eigenvalue weighted by Gasteiger charge is -2.15. The van der Waals surface area contributed by atoms with Gasteiger partial charge < -0.3 is 5.73 Å². The van der Waals surface area contributed by atoms with Crippen LogP contribution in [0.15, 0.2) is 40.9 Å². The Morgan fingerprint density at radius 3 is 2.79 bits per heavy atom. The van der Waals surface area contributed by atoms with Crippen LogP contribution in [0.5, 0.6) is 0 Å². The van der Waals surface area contributed by atoms with Gasteiger partial charge in [-0.15, -0.1) is 0 Å². The molecule has 0 spiro atoms. The molecular weight excluding hydrogens is 443 g/mol. The van der Waals surface area contributed by atoms with E-state index in [4.69, 9.17) is 17.3 Å². The summed E-state index contributed by atoms with van der Waals surface area (Å²) in [6, 6.07) is 10.6. The Kier molecular flexibility index (Phi) is 5.22. The Morgan fingerprint density at radius 2 is 2.05 bits per heavy atom. The minimum absolute atomic E-state index is 0.133. The maximum absolute atomic E-state index is 13.9. The maximum Gasteiger partial charge on any atom is 0.145 e. The van der Waals surface area contributed by atoms with Crippen molar-refractivity contribution in [1.82, 2.24) is 0 Å². The molecule has 1 unspecified atom stereocenters. The van der Waals surface area contributed by atoms with E-state index in [0.717, 1.165) is 13.6 Å². The third-order valence-corrected chi connectivity index (χ3v) is 4.60. The van der Waals surface area contributed by atoms with Crippen LogP contribution in [0.3, 0.4) is 0 Å². The zero-order valence-corrected chi connectivity index (χ0v) is 14.3. The average Bonchev–Trinajstić information content (AvgIpc) is 2.38. The van der Waals surface area contributed by atoms with E-state index < -0.39 is 0 Å². The van der Waals surface area contributed by atoms with E-state index in [0.29, 0.717) is 12.0 Å². The molecule has 0 aliphatic carbocycles. The van der Waals surface area contributed by atoms with Gasteiger partial charge in [-0.05, 0) is 64.4 Å². The minimum atomic E-state index is -0.385. The quantitative estimate of drug-likeness (QED) is 0.643. The fraction of sp³-hybridized carbons (Fsp3) is 0.143. The molecule has 0 aromatic heterocycles. The van der Waals surface area contributed by atoms with Crippen molar-refractivity contribution in [3.63, 3.8) is 0 Å². The highest BCUT2D eigenvalue weighted by Crippen LogP contribution is 2.27. The average molecular weight is 455 g/mol. The number of halogens is 4. The fourth-order valence-electron chi connectivity index (χ4n) is 1.85. The molecule has 100 valence electrons. The molecule has 0 heterocycles. The zero-order valence-electron chi connectivity index (χ0n) is 9.84. The number of hydrogen-bond donors (Lipinski definition) is 1. The second kappa shape index (κ2) is 6.52. The van der Waals surface area contributed by atoms with Gasteiger partial charge in [-0.1, -0.05) is 39.7 Å². The number of rotatable bonds is 3. The number of benzene rings is 2. The van der Waals surface area contributed by atoms with Crippen LogP contribution >= 0.6 is 50.1 Å². The van der Waals surface area contributed by atoms with Crippen LogP contribution < -0.4 is 5.73 Å². The molecule has 0 aliphatic rings. The Balaban J connectivity index is 2.28. The second-order valence-electron chi connectivity index (χ2n) is 4.19. The van der Waals surface area contributed by atoms with Crippen LogP contribution in [-0.2, 0) is 6.42 Å². The Labute approximate surface area is 138 Å². The summed E-state index contributed by atoms with van der Waals surface area (Å²) in [4.78, 5) is 0. The van der Waals surface area contributed by atoms with Crippen LogP contribution in [-0.4, -0.2) is 0 Å². The molecule has 0 aliphatic heterocycles. The highest BCUT2D eigenvalue weighted by atomic mass is 127. The fourth-order valence-corrected chi connectivity index (χ4v) is 3.16. The van der Waals surface area contributed by atoms with E-state index in [9.17, 15) is 4.39 Å². The van der Waals surface area contributed by atoms with E-state index in [1.807, 2.05) is 18.2 Å². The van der Waals surface area contributed by atoms with Gasteiger partial charge in [0.05, 0.1) is 5.02 Å². The van der Waals surface area contributed by atoms with Crippen molar-refractivity contribution >= 4 is 50.1 Å². The Bertz CT molecular complexity index is 606. The van der Waals surface area contributed by atoms with Gasteiger partial charge in [-0.2, -0.15) is 0 Å². The molecular formula is C14H11BrClFIN. The maximum atomic E-state index is 13.9. The SMILES string of the molecule is NC(Cc1cccc(Cl)c1F)c1cc(Br)ccc1I. The molecule has 0 saturated carbocycles. The zero-order chi connectivity index (χ0) is 14.0. The van der Waals surface area contributed by atoms with E-state index in [1.54, 1.807) is 12.1 Å². The van der Waals surface area contributed by atoms with Crippen molar-refractivity contribution in [1.29, 1.82) is 0 Å². The lowest BCUT2D eigenvalue weighted by atomic mass is 9.99. The summed E-state index contributed by atoms with van der Waals surface area (Å²) >= 11 is 11.4. The van der Waals surface area contributed by atoms with Crippen molar-refractivity contribution < 1.29 is 4.39 Å². The summed E-state index contributed by atoms with van der Waals surface area (Å²) in [6.45, 7) is 0. The molecule has 1 nitrogen and oxygen atoms in total. The predicted molar refractivity (Wildman–Crippen MR) is 88.9 cm³/mol. The van der Waals surface area contributed by atoms with Gasteiger partial charge in [-0.25, -0.2) is 4.39 Å². The van der Waals surface area contributed by atoms with Crippen molar-refractivity contribution in [3.8, 4) is 0 Å². The predicted octanol–water partition coefficient (Wildman–Crippen LogP) is 5.09. The largest absolute Gasteiger partial charge is 0.324 e. The normalized spacial score (nSPS) is 12.5. The van der Waals surface area contributed by atoms with Crippen LogP contribution in [0.25, 0.3) is 0 Å². The van der Waals surface area contributed by atoms with E-state index in [2.05, 4.69) is 38.5 Å². The van der Waals surface area contributed by atoms with Crippen LogP contribution in [0, 0.1) is 9.39 Å². The first kappa shape index (κ1) is 15.2. The molecule has 0 radical (unpaired) electrons. The molecule has 0 fully saturated rings. The first-order valence-electron chi connectivity index (χ1n) is 5.62. The summed E-state index contributed by atoms with van der Waals surface area (Å²) in [5.74, 6) is -0.385. The van der Waals surface area contributed by atoms with Crippen LogP contribution in [0.2, 0.25) is 5.02 Å². The molecule has 2 N–H and O–H groups in total. The number of nitrogens with two attached hydrogens (primary N) is 1. The summed E-state index contributed by atoms with van der Waals surface area (Å²) in [7, 11) is 0. The Hall–Kier alpha value is -0.170. The van der Waals surface area contributed by atoms with Gasteiger partial charge in [0.25, 0.3) is 0 Å². The molecule has 0 amide bonds. The van der Waals surface area contributed by atoms with Crippen molar-refractivity contribution in [2.45, 2.75) is 12.5 Å². The second-order valence-corrected chi connectivity index (χ2v) is 6.67. The highest BCUT2D eigenvalue weighted by molar-refractivity contribution is 14.1. The van der Waals surface area contributed by atoms with Crippen molar-refractivity contribution in [2.24, 2.45) is 5.73 Å². The molecule has 2 rings (SSSR count). The minimum Gasteiger partial charge on any atom is -0.324 e. The molecule has 19 heavy (non-hydrogen) atoms. The third kappa shape index (κ3) is 3.68. The Morgan fingerprint density at radius 1 is 1.32 bits per heavy atom. The summed E-state index contributed by atoms with van der Waals surface area (Å²) in [5, 5.41) is 0.133. The van der Waals surface area contributed by atoms with E-state index in [-0.39, 0.29) is 16.9 Å². The molecule has 5 heteroatoms. The van der Waals surface area contributed by atoms with E-state index in [1.165, 1.54) is 6.07 Å². The summed E-state index contributed by atoms with van der Waals surface area (Å²) < 4.78 is 15.9. The first-order chi connectivity index (χ1) is 8.99. The molecule has 1 atom stereocenters. The van der Waals surface area contributed by atoms with Crippen molar-refractivity contribution in [3.05, 3.63) is 66.4 Å². The van der Waals surface area contributed by atoms with Gasteiger partial charge in [0.15, 0.2) is 0 Å². The van der Waals surface area contributed by atoms with Gasteiger partial charge >= 0.3 is 0 Å². The summed E-state index contributed by atoms with van der Waals surface area (Å²) in [6.07, 6.45) is 0.416. The monoisotopic (exact) mass is 453 g/mol. The number of hydrogen-bond acceptors (Lipinski definition) is 1. The topological polar surface area (TPSA) is 26.0 Å². The lowest BCUT2D eigenvalue weighted by molar-refractivity contribution is 0.593. The molecule has 2 aromatic carbocycles. The lowest BCUT2D eigenvalue weighted by Crippen LogP contribution is -2.15. The molecule has 0 bridgehead atoms. The summed E-state index contributed by atoms with van der Waals surface area (Å²) in [5.41, 5.74) is 7.71. The smallest absolute Gasteiger partial charge is 0.145 e. The van der Waals surface area contributed by atoms with Crippen LogP contribution in [0.1, 0.15) is 17.2 Å². The first-order valence-corrected chi connectivity index (χ1v) is 7.87. The molecule has 0 saturated heterocycles. The third-order valence-electron chi connectivity index (χ3n) is 2.83. The van der Waals surface area contributed by atoms with E-state index >= 15 is 0 Å². The van der Waals surface area contributed by atoms with Crippen LogP contribution in [0.4, 0.5) is 4.39 Å². The highest BCUT2D eigenvalue weighted by Gasteiger charge is 2.14. The van der Waals surface area contributed by atoms with Crippen molar-refractivity contribution in [2.75, 3.05) is 0 Å². The van der Waals surface area contributed by atoms with Gasteiger partial charge in [0, 0.05) is 14.1 Å². The standard InChI is InChI=1S/C14H11BrClFIN/c15-9-4-5-12(18)10(7-9)13(19)6-8-2-1-3-11(16)14(8)17/h1-5,7,13H,6,19H2. The van der Waals surface area contributed by atoms with Gasteiger partial charge in [0.2, 0.25) is 0 Å². The van der Waals surface area contributed by atoms with Gasteiger partial charge in [-0.3, -0.25) is 0 Å². The molecule has 2 aromatic rings.